The average Bonchev–Trinajstić information content (AvgIpc) is 2.11. The molecule has 0 aromatic carbocycles. The van der Waals surface area contributed by atoms with Gasteiger partial charge in [0.1, 0.15) is 0 Å². The average molecular weight is 215 g/mol. The molecule has 0 unspecified atom stereocenters. The van der Waals surface area contributed by atoms with Gasteiger partial charge in [0, 0.05) is 13.1 Å². The summed E-state index contributed by atoms with van der Waals surface area (Å²) < 4.78 is 0. The number of carbonyl (C=O) groups is 1. The van der Waals surface area contributed by atoms with Crippen LogP contribution in [0.4, 0.5) is 0 Å². The van der Waals surface area contributed by atoms with Crippen molar-refractivity contribution in [3.63, 3.8) is 0 Å². The number of nitrogens with one attached hydrogen (secondary N) is 1. The Morgan fingerprint density at radius 1 is 1.47 bits per heavy atom. The number of rotatable bonds is 6. The Morgan fingerprint density at radius 2 is 2.00 bits per heavy atom. The van der Waals surface area contributed by atoms with E-state index in [4.69, 9.17) is 5.73 Å². The van der Waals surface area contributed by atoms with Gasteiger partial charge in [0.15, 0.2) is 0 Å². The standard InChI is InChI=1S/C11H25N3O/c1-6-9(12)10(15)13-7-11(2,3)8-14(4)5/h9H,6-8,12H2,1-5H3,(H,13,15)/t9-/m1/s1. The molecule has 0 spiro atoms. The van der Waals surface area contributed by atoms with E-state index in [0.717, 1.165) is 6.54 Å². The highest BCUT2D eigenvalue weighted by Gasteiger charge is 2.21. The lowest BCUT2D eigenvalue weighted by atomic mass is 9.93. The van der Waals surface area contributed by atoms with Gasteiger partial charge in [-0.1, -0.05) is 20.8 Å². The van der Waals surface area contributed by atoms with Crippen LogP contribution >= 0.6 is 0 Å². The van der Waals surface area contributed by atoms with Crippen LogP contribution in [0.15, 0.2) is 0 Å². The minimum absolute atomic E-state index is 0.0515. The maximum atomic E-state index is 11.5. The van der Waals surface area contributed by atoms with Crippen molar-refractivity contribution in [2.24, 2.45) is 11.1 Å². The molecular weight excluding hydrogens is 190 g/mol. The molecule has 1 amide bonds. The van der Waals surface area contributed by atoms with E-state index in [1.54, 1.807) is 0 Å². The van der Waals surface area contributed by atoms with Crippen molar-refractivity contribution in [3.8, 4) is 0 Å². The van der Waals surface area contributed by atoms with Crippen molar-refractivity contribution in [1.29, 1.82) is 0 Å². The van der Waals surface area contributed by atoms with Crippen LogP contribution in [0.25, 0.3) is 0 Å². The van der Waals surface area contributed by atoms with Crippen molar-refractivity contribution in [2.75, 3.05) is 27.2 Å². The Morgan fingerprint density at radius 3 is 2.40 bits per heavy atom. The fourth-order valence-electron chi connectivity index (χ4n) is 1.55. The second-order valence-corrected chi connectivity index (χ2v) is 5.13. The summed E-state index contributed by atoms with van der Waals surface area (Å²) in [6, 6.07) is -0.375. The van der Waals surface area contributed by atoms with Gasteiger partial charge in [0.25, 0.3) is 0 Å². The van der Waals surface area contributed by atoms with Crippen LogP contribution in [0.1, 0.15) is 27.2 Å². The normalized spacial score (nSPS) is 14.1. The number of amides is 1. The zero-order chi connectivity index (χ0) is 12.1. The van der Waals surface area contributed by atoms with Crippen LogP contribution < -0.4 is 11.1 Å². The Bertz CT molecular complexity index is 202. The molecule has 15 heavy (non-hydrogen) atoms. The first-order valence-electron chi connectivity index (χ1n) is 5.46. The molecule has 0 heterocycles. The molecule has 0 fully saturated rings. The molecule has 0 aliphatic carbocycles. The molecule has 0 aliphatic heterocycles. The summed E-state index contributed by atoms with van der Waals surface area (Å²) in [5.74, 6) is -0.0515. The highest BCUT2D eigenvalue weighted by atomic mass is 16.2. The molecule has 1 atom stereocenters. The van der Waals surface area contributed by atoms with Crippen molar-refractivity contribution in [2.45, 2.75) is 33.2 Å². The molecule has 0 aromatic rings. The Labute approximate surface area is 93.2 Å². The van der Waals surface area contributed by atoms with Crippen LogP contribution in [-0.2, 0) is 4.79 Å². The molecule has 0 aromatic heterocycles. The molecule has 3 N–H and O–H groups in total. The van der Waals surface area contributed by atoms with E-state index in [-0.39, 0.29) is 17.4 Å². The smallest absolute Gasteiger partial charge is 0.236 e. The lowest BCUT2D eigenvalue weighted by molar-refractivity contribution is -0.122. The van der Waals surface area contributed by atoms with Gasteiger partial charge in [-0.05, 0) is 25.9 Å². The van der Waals surface area contributed by atoms with Crippen LogP contribution in [0, 0.1) is 5.41 Å². The van der Waals surface area contributed by atoms with E-state index in [9.17, 15) is 4.79 Å². The van der Waals surface area contributed by atoms with E-state index in [2.05, 4.69) is 24.1 Å². The Hall–Kier alpha value is -0.610. The first-order chi connectivity index (χ1) is 6.78. The van der Waals surface area contributed by atoms with E-state index in [1.807, 2.05) is 21.0 Å². The van der Waals surface area contributed by atoms with Crippen molar-refractivity contribution >= 4 is 5.91 Å². The van der Waals surface area contributed by atoms with Gasteiger partial charge in [-0.15, -0.1) is 0 Å². The van der Waals surface area contributed by atoms with Crippen LogP contribution in [0.3, 0.4) is 0 Å². The van der Waals surface area contributed by atoms with Gasteiger partial charge in [-0.3, -0.25) is 4.79 Å². The topological polar surface area (TPSA) is 58.4 Å². The summed E-state index contributed by atoms with van der Waals surface area (Å²) in [5, 5.41) is 2.89. The summed E-state index contributed by atoms with van der Waals surface area (Å²) >= 11 is 0. The second kappa shape index (κ2) is 6.08. The zero-order valence-electron chi connectivity index (χ0n) is 10.6. The maximum absolute atomic E-state index is 11.5. The molecule has 4 nitrogen and oxygen atoms in total. The summed E-state index contributed by atoms with van der Waals surface area (Å²) in [4.78, 5) is 13.6. The van der Waals surface area contributed by atoms with Gasteiger partial charge in [-0.25, -0.2) is 0 Å². The maximum Gasteiger partial charge on any atom is 0.236 e. The van der Waals surface area contributed by atoms with E-state index >= 15 is 0 Å². The fraction of sp³-hybridized carbons (Fsp3) is 0.909. The highest BCUT2D eigenvalue weighted by Crippen LogP contribution is 2.14. The monoisotopic (exact) mass is 215 g/mol. The van der Waals surface area contributed by atoms with E-state index < -0.39 is 0 Å². The SMILES string of the molecule is CC[C@@H](N)C(=O)NCC(C)(C)CN(C)C. The molecule has 0 aliphatic rings. The summed E-state index contributed by atoms with van der Waals surface area (Å²) in [5.41, 5.74) is 5.70. The first kappa shape index (κ1) is 14.4. The molecule has 0 saturated carbocycles. The van der Waals surface area contributed by atoms with Crippen LogP contribution in [-0.4, -0.2) is 44.0 Å². The highest BCUT2D eigenvalue weighted by molar-refractivity contribution is 5.81. The van der Waals surface area contributed by atoms with Gasteiger partial charge in [-0.2, -0.15) is 0 Å². The predicted octanol–water partition coefficient (Wildman–Crippen LogP) is 0.428. The number of nitrogens with two attached hydrogens (primary N) is 1. The van der Waals surface area contributed by atoms with E-state index in [1.165, 1.54) is 0 Å². The first-order valence-corrected chi connectivity index (χ1v) is 5.46. The largest absolute Gasteiger partial charge is 0.354 e. The molecule has 90 valence electrons. The minimum atomic E-state index is -0.375. The third kappa shape index (κ3) is 6.47. The van der Waals surface area contributed by atoms with Crippen LogP contribution in [0.2, 0.25) is 0 Å². The van der Waals surface area contributed by atoms with Gasteiger partial charge < -0.3 is 16.0 Å². The third-order valence-electron chi connectivity index (χ3n) is 2.26. The van der Waals surface area contributed by atoms with Gasteiger partial charge in [0.05, 0.1) is 6.04 Å². The molecule has 0 bridgehead atoms. The van der Waals surface area contributed by atoms with Gasteiger partial charge in [0.2, 0.25) is 5.91 Å². The second-order valence-electron chi connectivity index (χ2n) is 5.13. The predicted molar refractivity (Wildman–Crippen MR) is 63.6 cm³/mol. The Kier molecular flexibility index (Phi) is 5.83. The van der Waals surface area contributed by atoms with Crippen LogP contribution in [0.5, 0.6) is 0 Å². The summed E-state index contributed by atoms with van der Waals surface area (Å²) in [6.07, 6.45) is 0.680. The lowest BCUT2D eigenvalue weighted by Gasteiger charge is -2.28. The van der Waals surface area contributed by atoms with E-state index in [0.29, 0.717) is 13.0 Å². The fourth-order valence-corrected chi connectivity index (χ4v) is 1.55. The lowest BCUT2D eigenvalue weighted by Crippen LogP contribution is -2.46. The quantitative estimate of drug-likeness (QED) is 0.675. The Balaban J connectivity index is 3.98. The number of nitrogens with zero attached hydrogens (tertiary/aromatic N) is 1. The zero-order valence-corrected chi connectivity index (χ0v) is 10.6. The summed E-state index contributed by atoms with van der Waals surface area (Å²) in [6.45, 7) is 7.77. The van der Waals surface area contributed by atoms with Gasteiger partial charge >= 0.3 is 0 Å². The van der Waals surface area contributed by atoms with Crippen molar-refractivity contribution < 1.29 is 4.79 Å². The molecule has 0 saturated heterocycles. The minimum Gasteiger partial charge on any atom is -0.354 e. The molecular formula is C11H25N3O. The number of carbonyl (C=O) groups excluding carboxylic acids is 1. The van der Waals surface area contributed by atoms with Crippen molar-refractivity contribution in [3.05, 3.63) is 0 Å². The number of hydrogen-bond donors (Lipinski definition) is 2. The summed E-state index contributed by atoms with van der Waals surface area (Å²) in [7, 11) is 4.06. The molecule has 4 heteroatoms. The number of hydrogen-bond acceptors (Lipinski definition) is 3. The molecule has 0 radical (unpaired) electrons. The van der Waals surface area contributed by atoms with Crippen molar-refractivity contribution in [1.82, 2.24) is 10.2 Å². The third-order valence-corrected chi connectivity index (χ3v) is 2.26. The molecule has 0 rings (SSSR count).